The third-order valence-corrected chi connectivity index (χ3v) is 4.41. The van der Waals surface area contributed by atoms with Crippen LogP contribution < -0.4 is 5.32 Å². The van der Waals surface area contributed by atoms with Crippen molar-refractivity contribution in [3.05, 3.63) is 61.2 Å². The van der Waals surface area contributed by atoms with Gasteiger partial charge >= 0.3 is 0 Å². The van der Waals surface area contributed by atoms with Gasteiger partial charge in [-0.1, -0.05) is 37.9 Å². The van der Waals surface area contributed by atoms with E-state index in [1.165, 1.54) is 6.07 Å². The normalized spacial score (nSPS) is 12.3. The summed E-state index contributed by atoms with van der Waals surface area (Å²) in [6, 6.07) is 10.8. The highest BCUT2D eigenvalue weighted by Gasteiger charge is 2.12. The molecule has 19 heavy (non-hydrogen) atoms. The molecule has 0 aromatic heterocycles. The van der Waals surface area contributed by atoms with Gasteiger partial charge in [-0.2, -0.15) is 0 Å². The molecule has 0 fully saturated rings. The van der Waals surface area contributed by atoms with Crippen molar-refractivity contribution in [2.75, 3.05) is 5.32 Å². The van der Waals surface area contributed by atoms with Gasteiger partial charge in [0.2, 0.25) is 0 Å². The molecular formula is C14H11Br3FN. The second-order valence-corrected chi connectivity index (χ2v) is 6.84. The van der Waals surface area contributed by atoms with Gasteiger partial charge in [0.1, 0.15) is 5.82 Å². The Morgan fingerprint density at radius 1 is 1.00 bits per heavy atom. The van der Waals surface area contributed by atoms with E-state index in [4.69, 9.17) is 0 Å². The Labute approximate surface area is 137 Å². The van der Waals surface area contributed by atoms with E-state index in [2.05, 4.69) is 53.1 Å². The Hall–Kier alpha value is -0.390. The Balaban J connectivity index is 2.25. The fourth-order valence-corrected chi connectivity index (χ4v) is 2.83. The van der Waals surface area contributed by atoms with Gasteiger partial charge in [0, 0.05) is 19.0 Å². The maximum atomic E-state index is 13.9. The highest BCUT2D eigenvalue weighted by atomic mass is 79.9. The Kier molecular flexibility index (Phi) is 5.03. The van der Waals surface area contributed by atoms with Gasteiger partial charge < -0.3 is 5.32 Å². The van der Waals surface area contributed by atoms with E-state index in [0.29, 0.717) is 5.56 Å². The van der Waals surface area contributed by atoms with Gasteiger partial charge in [-0.15, -0.1) is 0 Å². The van der Waals surface area contributed by atoms with Crippen LogP contribution in [0.3, 0.4) is 0 Å². The van der Waals surface area contributed by atoms with E-state index in [0.717, 1.165) is 19.1 Å². The maximum Gasteiger partial charge on any atom is 0.129 e. The molecule has 2 aromatic carbocycles. The lowest BCUT2D eigenvalue weighted by Crippen LogP contribution is -2.09. The molecule has 0 saturated heterocycles. The van der Waals surface area contributed by atoms with Crippen LogP contribution in [0.4, 0.5) is 10.1 Å². The molecule has 2 rings (SSSR count). The largest absolute Gasteiger partial charge is 0.377 e. The molecule has 0 radical (unpaired) electrons. The van der Waals surface area contributed by atoms with Crippen molar-refractivity contribution in [3.8, 4) is 0 Å². The number of anilines is 1. The van der Waals surface area contributed by atoms with Crippen LogP contribution in [0, 0.1) is 5.82 Å². The van der Waals surface area contributed by atoms with Crippen molar-refractivity contribution in [3.63, 3.8) is 0 Å². The Morgan fingerprint density at radius 2 is 1.63 bits per heavy atom. The number of benzene rings is 2. The molecule has 2 aromatic rings. The highest BCUT2D eigenvalue weighted by Crippen LogP contribution is 2.30. The minimum Gasteiger partial charge on any atom is -0.377 e. The van der Waals surface area contributed by atoms with E-state index < -0.39 is 0 Å². The first-order chi connectivity index (χ1) is 8.97. The highest BCUT2D eigenvalue weighted by molar-refractivity contribution is 9.11. The van der Waals surface area contributed by atoms with Crippen LogP contribution in [0.5, 0.6) is 0 Å². The first-order valence-corrected chi connectivity index (χ1v) is 8.02. The van der Waals surface area contributed by atoms with Gasteiger partial charge in [-0.05, 0) is 53.2 Å². The predicted octanol–water partition coefficient (Wildman–Crippen LogP) is 6.29. The molecular weight excluding hydrogens is 441 g/mol. The summed E-state index contributed by atoms with van der Waals surface area (Å²) in [5.41, 5.74) is 1.55. The Bertz CT molecular complexity index is 601. The molecule has 0 aliphatic carbocycles. The topological polar surface area (TPSA) is 12.0 Å². The van der Waals surface area contributed by atoms with E-state index >= 15 is 0 Å². The lowest BCUT2D eigenvalue weighted by atomic mass is 10.1. The van der Waals surface area contributed by atoms with Crippen molar-refractivity contribution in [2.24, 2.45) is 0 Å². The molecule has 1 N–H and O–H groups in total. The van der Waals surface area contributed by atoms with Crippen LogP contribution >= 0.6 is 47.8 Å². The predicted molar refractivity (Wildman–Crippen MR) is 88.0 cm³/mol. The standard InChI is InChI=1S/C14H11Br3FN/c1-8(11-4-2-9(15)6-13(11)18)19-14-7-10(16)3-5-12(14)17/h2-8,19H,1H3. The summed E-state index contributed by atoms with van der Waals surface area (Å²) >= 11 is 10.2. The fourth-order valence-electron chi connectivity index (χ4n) is 1.77. The zero-order valence-electron chi connectivity index (χ0n) is 10.1. The van der Waals surface area contributed by atoms with Gasteiger partial charge in [0.25, 0.3) is 0 Å². The molecule has 0 spiro atoms. The van der Waals surface area contributed by atoms with Crippen LogP contribution in [0.1, 0.15) is 18.5 Å². The smallest absolute Gasteiger partial charge is 0.129 e. The maximum absolute atomic E-state index is 13.9. The second kappa shape index (κ2) is 6.37. The zero-order chi connectivity index (χ0) is 14.0. The third kappa shape index (κ3) is 3.80. The number of hydrogen-bond donors (Lipinski definition) is 1. The second-order valence-electron chi connectivity index (χ2n) is 4.16. The van der Waals surface area contributed by atoms with E-state index in [-0.39, 0.29) is 11.9 Å². The van der Waals surface area contributed by atoms with Crippen LogP contribution in [0.2, 0.25) is 0 Å². The molecule has 0 aliphatic heterocycles. The SMILES string of the molecule is CC(Nc1cc(Br)ccc1Br)c1ccc(Br)cc1F. The summed E-state index contributed by atoms with van der Waals surface area (Å²) in [5.74, 6) is -0.222. The molecule has 5 heteroatoms. The van der Waals surface area contributed by atoms with Gasteiger partial charge in [-0.3, -0.25) is 0 Å². The molecule has 1 atom stereocenters. The first-order valence-electron chi connectivity index (χ1n) is 5.64. The van der Waals surface area contributed by atoms with Crippen LogP contribution in [0.25, 0.3) is 0 Å². The zero-order valence-corrected chi connectivity index (χ0v) is 14.8. The number of halogens is 4. The summed E-state index contributed by atoms with van der Waals surface area (Å²) in [6.45, 7) is 1.93. The monoisotopic (exact) mass is 449 g/mol. The van der Waals surface area contributed by atoms with Crippen LogP contribution in [-0.4, -0.2) is 0 Å². The van der Waals surface area contributed by atoms with Crippen molar-refractivity contribution in [2.45, 2.75) is 13.0 Å². The number of rotatable bonds is 3. The van der Waals surface area contributed by atoms with E-state index in [9.17, 15) is 4.39 Å². The molecule has 0 aliphatic rings. The fraction of sp³-hybridized carbons (Fsp3) is 0.143. The molecule has 0 heterocycles. The number of nitrogens with one attached hydrogen (secondary N) is 1. The molecule has 1 unspecified atom stereocenters. The quantitative estimate of drug-likeness (QED) is 0.578. The summed E-state index contributed by atoms with van der Waals surface area (Å²) in [6.07, 6.45) is 0. The van der Waals surface area contributed by atoms with Crippen molar-refractivity contribution >= 4 is 53.5 Å². The molecule has 0 saturated carbocycles. The number of hydrogen-bond acceptors (Lipinski definition) is 1. The van der Waals surface area contributed by atoms with Crippen molar-refractivity contribution < 1.29 is 4.39 Å². The summed E-state index contributed by atoms with van der Waals surface area (Å²) < 4.78 is 16.6. The third-order valence-electron chi connectivity index (χ3n) is 2.73. The van der Waals surface area contributed by atoms with E-state index in [1.807, 2.05) is 31.2 Å². The van der Waals surface area contributed by atoms with Crippen LogP contribution in [0.15, 0.2) is 49.8 Å². The van der Waals surface area contributed by atoms with Crippen molar-refractivity contribution in [1.82, 2.24) is 0 Å². The lowest BCUT2D eigenvalue weighted by molar-refractivity contribution is 0.599. The Morgan fingerprint density at radius 3 is 2.32 bits per heavy atom. The minimum atomic E-state index is -0.222. The van der Waals surface area contributed by atoms with Gasteiger partial charge in [0.05, 0.1) is 11.7 Å². The lowest BCUT2D eigenvalue weighted by Gasteiger charge is -2.18. The van der Waals surface area contributed by atoms with Gasteiger partial charge in [0.15, 0.2) is 0 Å². The average Bonchev–Trinajstić information content (AvgIpc) is 2.33. The minimum absolute atomic E-state index is 0.126. The summed E-state index contributed by atoms with van der Waals surface area (Å²) in [5, 5.41) is 3.30. The summed E-state index contributed by atoms with van der Waals surface area (Å²) in [4.78, 5) is 0. The van der Waals surface area contributed by atoms with E-state index in [1.54, 1.807) is 6.07 Å². The average molecular weight is 452 g/mol. The molecule has 1 nitrogen and oxygen atoms in total. The molecule has 0 bridgehead atoms. The first kappa shape index (κ1) is 15.0. The molecule has 100 valence electrons. The van der Waals surface area contributed by atoms with Crippen LogP contribution in [-0.2, 0) is 0 Å². The van der Waals surface area contributed by atoms with Gasteiger partial charge in [-0.25, -0.2) is 4.39 Å². The van der Waals surface area contributed by atoms with Crippen molar-refractivity contribution in [1.29, 1.82) is 0 Å². The summed E-state index contributed by atoms with van der Waals surface area (Å²) in [7, 11) is 0. The molecule has 0 amide bonds.